The lowest BCUT2D eigenvalue weighted by Crippen LogP contribution is -2.43. The average molecular weight is 305 g/mol. The molecule has 1 unspecified atom stereocenters. The zero-order valence-electron chi connectivity index (χ0n) is 13.2. The van der Waals surface area contributed by atoms with E-state index in [1.165, 1.54) is 6.42 Å². The molecule has 0 spiro atoms. The Bertz CT molecular complexity index is 437. The molecule has 1 heterocycles. The van der Waals surface area contributed by atoms with Crippen LogP contribution in [0, 0.1) is 5.92 Å². The van der Waals surface area contributed by atoms with E-state index in [1.807, 2.05) is 30.3 Å². The summed E-state index contributed by atoms with van der Waals surface area (Å²) in [4.78, 5) is 14.2. The van der Waals surface area contributed by atoms with Crippen LogP contribution in [-0.4, -0.2) is 50.1 Å². The maximum atomic E-state index is 12.0. The predicted octanol–water partition coefficient (Wildman–Crippen LogP) is 1.24. The molecular formula is C17H27N3O2. The van der Waals surface area contributed by atoms with Crippen molar-refractivity contribution in [3.63, 3.8) is 0 Å². The maximum absolute atomic E-state index is 12.0. The summed E-state index contributed by atoms with van der Waals surface area (Å²) < 4.78 is 5.55. The third-order valence-corrected chi connectivity index (χ3v) is 3.98. The predicted molar refractivity (Wildman–Crippen MR) is 87.8 cm³/mol. The zero-order valence-corrected chi connectivity index (χ0v) is 13.2. The summed E-state index contributed by atoms with van der Waals surface area (Å²) in [5.74, 6) is 1.55. The summed E-state index contributed by atoms with van der Waals surface area (Å²) in [6, 6.07) is 9.63. The number of nitrogens with zero attached hydrogens (tertiary/aromatic N) is 1. The molecule has 2 rings (SSSR count). The molecule has 1 aromatic rings. The van der Waals surface area contributed by atoms with Gasteiger partial charge in [-0.05, 0) is 50.4 Å². The largest absolute Gasteiger partial charge is 0.492 e. The molecule has 122 valence electrons. The monoisotopic (exact) mass is 305 g/mol. The van der Waals surface area contributed by atoms with Crippen LogP contribution in [0.5, 0.6) is 5.75 Å². The Morgan fingerprint density at radius 3 is 2.95 bits per heavy atom. The number of amides is 1. The van der Waals surface area contributed by atoms with E-state index in [-0.39, 0.29) is 5.91 Å². The molecule has 3 N–H and O–H groups in total. The van der Waals surface area contributed by atoms with E-state index < -0.39 is 0 Å². The molecule has 1 aliphatic rings. The van der Waals surface area contributed by atoms with Crippen molar-refractivity contribution in [3.8, 4) is 5.75 Å². The van der Waals surface area contributed by atoms with E-state index in [0.717, 1.165) is 38.2 Å². The van der Waals surface area contributed by atoms with Crippen molar-refractivity contribution in [1.82, 2.24) is 10.2 Å². The van der Waals surface area contributed by atoms with Crippen molar-refractivity contribution in [1.29, 1.82) is 0 Å². The molecule has 0 radical (unpaired) electrons. The van der Waals surface area contributed by atoms with Gasteiger partial charge in [0.1, 0.15) is 12.4 Å². The Kier molecular flexibility index (Phi) is 7.19. The molecule has 1 aromatic carbocycles. The summed E-state index contributed by atoms with van der Waals surface area (Å²) in [6.07, 6.45) is 3.46. The Morgan fingerprint density at radius 2 is 2.18 bits per heavy atom. The Balaban J connectivity index is 1.59. The molecule has 0 aliphatic carbocycles. The van der Waals surface area contributed by atoms with E-state index in [2.05, 4.69) is 10.2 Å². The lowest BCUT2D eigenvalue weighted by molar-refractivity contribution is -0.122. The van der Waals surface area contributed by atoms with Crippen LogP contribution < -0.4 is 15.8 Å². The summed E-state index contributed by atoms with van der Waals surface area (Å²) in [7, 11) is 0. The Hall–Kier alpha value is -1.59. The number of benzene rings is 1. The van der Waals surface area contributed by atoms with Crippen LogP contribution in [0.1, 0.15) is 19.3 Å². The van der Waals surface area contributed by atoms with Gasteiger partial charge in [0.15, 0.2) is 0 Å². The van der Waals surface area contributed by atoms with Crippen LogP contribution in [0.15, 0.2) is 30.3 Å². The van der Waals surface area contributed by atoms with Crippen LogP contribution in [0.25, 0.3) is 0 Å². The highest BCUT2D eigenvalue weighted by Crippen LogP contribution is 2.18. The lowest BCUT2D eigenvalue weighted by atomic mass is 9.95. The van der Waals surface area contributed by atoms with Gasteiger partial charge in [0, 0.05) is 6.54 Å². The fourth-order valence-corrected chi connectivity index (χ4v) is 2.90. The van der Waals surface area contributed by atoms with Gasteiger partial charge in [0.25, 0.3) is 0 Å². The van der Waals surface area contributed by atoms with E-state index in [9.17, 15) is 4.79 Å². The smallest absolute Gasteiger partial charge is 0.234 e. The van der Waals surface area contributed by atoms with E-state index >= 15 is 0 Å². The number of ether oxygens (including phenoxy) is 1. The minimum absolute atomic E-state index is 0.0741. The number of hydrogen-bond acceptors (Lipinski definition) is 4. The number of nitrogens with one attached hydrogen (secondary N) is 1. The first-order valence-corrected chi connectivity index (χ1v) is 8.15. The number of carbonyl (C=O) groups excluding carboxylic acids is 1. The van der Waals surface area contributed by atoms with Gasteiger partial charge in [-0.2, -0.15) is 0 Å². The number of likely N-dealkylation sites (tertiary alicyclic amines) is 1. The lowest BCUT2D eigenvalue weighted by Gasteiger charge is -2.32. The van der Waals surface area contributed by atoms with Gasteiger partial charge in [-0.25, -0.2) is 0 Å². The van der Waals surface area contributed by atoms with Gasteiger partial charge in [-0.3, -0.25) is 9.69 Å². The van der Waals surface area contributed by atoms with Crippen LogP contribution >= 0.6 is 0 Å². The number of carbonyl (C=O) groups is 1. The number of rotatable bonds is 8. The van der Waals surface area contributed by atoms with Crippen molar-refractivity contribution >= 4 is 5.91 Å². The molecule has 0 bridgehead atoms. The van der Waals surface area contributed by atoms with Crippen molar-refractivity contribution in [2.75, 3.05) is 39.3 Å². The van der Waals surface area contributed by atoms with Crippen LogP contribution in [0.2, 0.25) is 0 Å². The number of nitrogens with two attached hydrogens (primary N) is 1. The van der Waals surface area contributed by atoms with Gasteiger partial charge in [-0.15, -0.1) is 0 Å². The third kappa shape index (κ3) is 6.03. The Labute approximate surface area is 132 Å². The highest BCUT2D eigenvalue weighted by Gasteiger charge is 2.20. The molecular weight excluding hydrogens is 278 g/mol. The normalized spacial score (nSPS) is 18.9. The van der Waals surface area contributed by atoms with E-state index in [1.54, 1.807) is 0 Å². The van der Waals surface area contributed by atoms with Crippen molar-refractivity contribution < 1.29 is 9.53 Å². The van der Waals surface area contributed by atoms with Crippen molar-refractivity contribution in [2.24, 2.45) is 11.7 Å². The fourth-order valence-electron chi connectivity index (χ4n) is 2.90. The molecule has 22 heavy (non-hydrogen) atoms. The first-order chi connectivity index (χ1) is 10.8. The minimum atomic E-state index is 0.0741. The Morgan fingerprint density at radius 1 is 1.36 bits per heavy atom. The topological polar surface area (TPSA) is 67.6 Å². The maximum Gasteiger partial charge on any atom is 0.234 e. The first kappa shape index (κ1) is 16.8. The van der Waals surface area contributed by atoms with Gasteiger partial charge in [0.2, 0.25) is 5.91 Å². The quantitative estimate of drug-likeness (QED) is 0.709. The second-order valence-electron chi connectivity index (χ2n) is 5.83. The highest BCUT2D eigenvalue weighted by molar-refractivity contribution is 5.78. The van der Waals surface area contributed by atoms with E-state index in [4.69, 9.17) is 10.5 Å². The number of para-hydroxylation sites is 1. The molecule has 5 heteroatoms. The SMILES string of the molecule is NCCC1CCCN(CC(=O)NCCOc2ccccc2)C1. The first-order valence-electron chi connectivity index (χ1n) is 8.15. The summed E-state index contributed by atoms with van der Waals surface area (Å²) in [5.41, 5.74) is 5.62. The number of hydrogen-bond donors (Lipinski definition) is 2. The second-order valence-corrected chi connectivity index (χ2v) is 5.83. The molecule has 1 fully saturated rings. The standard InChI is InChI=1S/C17H27N3O2/c18-9-8-15-5-4-11-20(13-15)14-17(21)19-10-12-22-16-6-2-1-3-7-16/h1-3,6-7,15H,4-5,8-14,18H2,(H,19,21). The van der Waals surface area contributed by atoms with Crippen molar-refractivity contribution in [2.45, 2.75) is 19.3 Å². The minimum Gasteiger partial charge on any atom is -0.492 e. The number of piperidine rings is 1. The van der Waals surface area contributed by atoms with Crippen LogP contribution in [0.4, 0.5) is 0 Å². The molecule has 1 atom stereocenters. The molecule has 5 nitrogen and oxygen atoms in total. The second kappa shape index (κ2) is 9.43. The van der Waals surface area contributed by atoms with Gasteiger partial charge in [0.05, 0.1) is 13.1 Å². The molecule has 0 saturated carbocycles. The average Bonchev–Trinajstić information content (AvgIpc) is 2.53. The van der Waals surface area contributed by atoms with Gasteiger partial charge in [-0.1, -0.05) is 18.2 Å². The molecule has 1 saturated heterocycles. The van der Waals surface area contributed by atoms with Crippen LogP contribution in [-0.2, 0) is 4.79 Å². The van der Waals surface area contributed by atoms with E-state index in [0.29, 0.717) is 25.6 Å². The van der Waals surface area contributed by atoms with Crippen LogP contribution in [0.3, 0.4) is 0 Å². The molecule has 1 aliphatic heterocycles. The summed E-state index contributed by atoms with van der Waals surface area (Å²) in [5, 5.41) is 2.92. The summed E-state index contributed by atoms with van der Waals surface area (Å²) >= 11 is 0. The van der Waals surface area contributed by atoms with Gasteiger partial charge < -0.3 is 15.8 Å². The third-order valence-electron chi connectivity index (χ3n) is 3.98. The fraction of sp³-hybridized carbons (Fsp3) is 0.588. The zero-order chi connectivity index (χ0) is 15.6. The highest BCUT2D eigenvalue weighted by atomic mass is 16.5. The molecule has 1 amide bonds. The van der Waals surface area contributed by atoms with Gasteiger partial charge >= 0.3 is 0 Å². The summed E-state index contributed by atoms with van der Waals surface area (Å²) in [6.45, 7) is 4.24. The molecule has 0 aromatic heterocycles. The van der Waals surface area contributed by atoms with Crippen molar-refractivity contribution in [3.05, 3.63) is 30.3 Å².